The van der Waals surface area contributed by atoms with Crippen molar-refractivity contribution in [2.24, 2.45) is 5.92 Å². The van der Waals surface area contributed by atoms with E-state index in [4.69, 9.17) is 0 Å². The van der Waals surface area contributed by atoms with Crippen LogP contribution in [0.25, 0.3) is 0 Å². The molecule has 2 atom stereocenters. The molecule has 1 fully saturated rings. The summed E-state index contributed by atoms with van der Waals surface area (Å²) in [5.41, 5.74) is 1.09. The van der Waals surface area contributed by atoms with Gasteiger partial charge in [0.1, 0.15) is 0 Å². The zero-order valence-electron chi connectivity index (χ0n) is 10.0. The van der Waals surface area contributed by atoms with Gasteiger partial charge in [0.15, 0.2) is 0 Å². The molecule has 4 heteroatoms. The molecule has 2 nitrogen and oxygen atoms in total. The average molecular weight is 362 g/mol. The molecule has 0 aromatic carbocycles. The summed E-state index contributed by atoms with van der Waals surface area (Å²) in [7, 11) is 0. The Morgan fingerprint density at radius 2 is 2.24 bits per heavy atom. The van der Waals surface area contributed by atoms with Crippen LogP contribution >= 0.6 is 31.9 Å². The van der Waals surface area contributed by atoms with Crippen LogP contribution in [-0.2, 0) is 6.54 Å². The third-order valence-electron chi connectivity index (χ3n) is 3.38. The van der Waals surface area contributed by atoms with E-state index in [0.29, 0.717) is 6.04 Å². The van der Waals surface area contributed by atoms with Gasteiger partial charge in [-0.25, -0.2) is 0 Å². The molecule has 94 valence electrons. The second-order valence-corrected chi connectivity index (χ2v) is 6.70. The standard InChI is InChI=1S/C13H18Br2N2/c1-9-3-2-4-11(5-9)16-8-13-12(15)6-10(14)7-17-13/h6-7,9,11,16H,2-5,8H2,1H3. The lowest BCUT2D eigenvalue weighted by atomic mass is 9.87. The van der Waals surface area contributed by atoms with E-state index in [2.05, 4.69) is 49.1 Å². The Balaban J connectivity index is 1.88. The number of nitrogens with zero attached hydrogens (tertiary/aromatic N) is 1. The molecule has 1 aliphatic carbocycles. The van der Waals surface area contributed by atoms with Gasteiger partial charge in [-0.3, -0.25) is 4.98 Å². The highest BCUT2D eigenvalue weighted by atomic mass is 79.9. The lowest BCUT2D eigenvalue weighted by Gasteiger charge is -2.27. The summed E-state index contributed by atoms with van der Waals surface area (Å²) >= 11 is 6.97. The summed E-state index contributed by atoms with van der Waals surface area (Å²) in [4.78, 5) is 4.42. The predicted molar refractivity (Wildman–Crippen MR) is 77.9 cm³/mol. The van der Waals surface area contributed by atoms with Gasteiger partial charge in [0.05, 0.1) is 5.69 Å². The van der Waals surface area contributed by atoms with E-state index in [1.54, 1.807) is 0 Å². The molecule has 0 spiro atoms. The van der Waals surface area contributed by atoms with Gasteiger partial charge in [0, 0.05) is 27.7 Å². The van der Waals surface area contributed by atoms with E-state index in [0.717, 1.165) is 27.1 Å². The van der Waals surface area contributed by atoms with E-state index >= 15 is 0 Å². The van der Waals surface area contributed by atoms with Crippen LogP contribution in [-0.4, -0.2) is 11.0 Å². The molecule has 2 unspecified atom stereocenters. The van der Waals surface area contributed by atoms with Crippen LogP contribution in [0.5, 0.6) is 0 Å². The first-order valence-electron chi connectivity index (χ1n) is 6.18. The molecule has 1 heterocycles. The topological polar surface area (TPSA) is 24.9 Å². The summed E-state index contributed by atoms with van der Waals surface area (Å²) in [5.74, 6) is 0.863. The van der Waals surface area contributed by atoms with Crippen LogP contribution in [0.4, 0.5) is 0 Å². The second-order valence-electron chi connectivity index (χ2n) is 4.93. The van der Waals surface area contributed by atoms with E-state index in [-0.39, 0.29) is 0 Å². The summed E-state index contributed by atoms with van der Waals surface area (Å²) in [5, 5.41) is 3.62. The number of pyridine rings is 1. The molecule has 0 radical (unpaired) electrons. The lowest BCUT2D eigenvalue weighted by molar-refractivity contribution is 0.299. The van der Waals surface area contributed by atoms with Crippen molar-refractivity contribution in [3.05, 3.63) is 26.9 Å². The first-order chi connectivity index (χ1) is 8.15. The molecule has 1 aromatic rings. The van der Waals surface area contributed by atoms with Crippen LogP contribution in [0, 0.1) is 5.92 Å². The third-order valence-corrected chi connectivity index (χ3v) is 4.50. The van der Waals surface area contributed by atoms with Crippen molar-refractivity contribution in [3.63, 3.8) is 0 Å². The molecule has 1 saturated carbocycles. The molecule has 0 bridgehead atoms. The van der Waals surface area contributed by atoms with Gasteiger partial charge in [0.25, 0.3) is 0 Å². The highest BCUT2D eigenvalue weighted by Gasteiger charge is 2.18. The Morgan fingerprint density at radius 3 is 2.94 bits per heavy atom. The summed E-state index contributed by atoms with van der Waals surface area (Å²) in [6.45, 7) is 3.20. The largest absolute Gasteiger partial charge is 0.308 e. The van der Waals surface area contributed by atoms with Gasteiger partial charge < -0.3 is 5.32 Å². The van der Waals surface area contributed by atoms with Gasteiger partial charge in [-0.05, 0) is 56.7 Å². The maximum atomic E-state index is 4.42. The molecular weight excluding hydrogens is 344 g/mol. The van der Waals surface area contributed by atoms with Crippen LogP contribution in [0.2, 0.25) is 0 Å². The Bertz CT molecular complexity index is 382. The number of halogens is 2. The predicted octanol–water partition coefficient (Wildman–Crippen LogP) is 4.27. The summed E-state index contributed by atoms with van der Waals surface area (Å²) in [6, 6.07) is 2.71. The lowest BCUT2D eigenvalue weighted by Crippen LogP contribution is -2.33. The first-order valence-corrected chi connectivity index (χ1v) is 7.77. The fraction of sp³-hybridized carbons (Fsp3) is 0.615. The Hall–Kier alpha value is 0.0700. The van der Waals surface area contributed by atoms with Crippen molar-refractivity contribution in [3.8, 4) is 0 Å². The second kappa shape index (κ2) is 6.30. The van der Waals surface area contributed by atoms with E-state index < -0.39 is 0 Å². The molecule has 1 N–H and O–H groups in total. The first kappa shape index (κ1) is 13.5. The van der Waals surface area contributed by atoms with Crippen molar-refractivity contribution in [1.82, 2.24) is 10.3 Å². The van der Waals surface area contributed by atoms with Gasteiger partial charge >= 0.3 is 0 Å². The maximum absolute atomic E-state index is 4.42. The van der Waals surface area contributed by atoms with Crippen molar-refractivity contribution < 1.29 is 0 Å². The maximum Gasteiger partial charge on any atom is 0.0684 e. The third kappa shape index (κ3) is 4.04. The fourth-order valence-electron chi connectivity index (χ4n) is 2.43. The quantitative estimate of drug-likeness (QED) is 0.869. The summed E-state index contributed by atoms with van der Waals surface area (Å²) < 4.78 is 2.09. The molecule has 0 aliphatic heterocycles. The molecule has 17 heavy (non-hydrogen) atoms. The smallest absolute Gasteiger partial charge is 0.0684 e. The fourth-order valence-corrected chi connectivity index (χ4v) is 3.56. The van der Waals surface area contributed by atoms with E-state index in [1.807, 2.05) is 12.3 Å². The van der Waals surface area contributed by atoms with Crippen LogP contribution in [0.15, 0.2) is 21.2 Å². The normalized spacial score (nSPS) is 24.9. The minimum atomic E-state index is 0.663. The molecule has 1 aromatic heterocycles. The Morgan fingerprint density at radius 1 is 1.41 bits per heavy atom. The number of hydrogen-bond acceptors (Lipinski definition) is 2. The van der Waals surface area contributed by atoms with Gasteiger partial charge in [-0.1, -0.05) is 19.8 Å². The van der Waals surface area contributed by atoms with Crippen LogP contribution in [0.3, 0.4) is 0 Å². The van der Waals surface area contributed by atoms with Gasteiger partial charge in [-0.2, -0.15) is 0 Å². The highest BCUT2D eigenvalue weighted by Crippen LogP contribution is 2.24. The molecular formula is C13H18Br2N2. The van der Waals surface area contributed by atoms with E-state index in [1.165, 1.54) is 25.7 Å². The Labute approximate surface area is 120 Å². The molecule has 1 aliphatic rings. The number of aromatic nitrogens is 1. The minimum absolute atomic E-state index is 0.663. The van der Waals surface area contributed by atoms with Crippen molar-refractivity contribution in [1.29, 1.82) is 0 Å². The monoisotopic (exact) mass is 360 g/mol. The van der Waals surface area contributed by atoms with Gasteiger partial charge in [-0.15, -0.1) is 0 Å². The highest BCUT2D eigenvalue weighted by molar-refractivity contribution is 9.11. The number of nitrogens with one attached hydrogen (secondary N) is 1. The van der Waals surface area contributed by atoms with Crippen molar-refractivity contribution >= 4 is 31.9 Å². The SMILES string of the molecule is CC1CCCC(NCc2ncc(Br)cc2Br)C1. The van der Waals surface area contributed by atoms with Crippen molar-refractivity contribution in [2.75, 3.05) is 0 Å². The van der Waals surface area contributed by atoms with Crippen LogP contribution in [0.1, 0.15) is 38.3 Å². The molecule has 0 saturated heterocycles. The van der Waals surface area contributed by atoms with Gasteiger partial charge in [0.2, 0.25) is 0 Å². The number of hydrogen-bond donors (Lipinski definition) is 1. The minimum Gasteiger partial charge on any atom is -0.308 e. The molecule has 2 rings (SSSR count). The van der Waals surface area contributed by atoms with Crippen molar-refractivity contribution in [2.45, 2.75) is 45.2 Å². The van der Waals surface area contributed by atoms with Crippen LogP contribution < -0.4 is 5.32 Å². The molecule has 0 amide bonds. The summed E-state index contributed by atoms with van der Waals surface area (Å²) in [6.07, 6.45) is 7.20. The average Bonchev–Trinajstić information content (AvgIpc) is 2.28. The van der Waals surface area contributed by atoms with E-state index in [9.17, 15) is 0 Å². The zero-order valence-corrected chi connectivity index (χ0v) is 13.2. The number of rotatable bonds is 3. The zero-order chi connectivity index (χ0) is 12.3. The Kier molecular flexibility index (Phi) is 5.00.